The largest absolute Gasteiger partial charge is 0.312 e. The van der Waals surface area contributed by atoms with Gasteiger partial charge in [0, 0.05) is 18.1 Å². The van der Waals surface area contributed by atoms with Gasteiger partial charge in [-0.3, -0.25) is 0 Å². The van der Waals surface area contributed by atoms with Crippen LogP contribution in [0.15, 0.2) is 0 Å². The van der Waals surface area contributed by atoms with Crippen LogP contribution in [0.25, 0.3) is 0 Å². The minimum absolute atomic E-state index is 0.254. The topological polar surface area (TPSA) is 15.3 Å². The molecule has 2 heteroatoms. The molecule has 0 aromatic carbocycles. The van der Waals surface area contributed by atoms with Gasteiger partial charge in [-0.2, -0.15) is 0 Å². The maximum atomic E-state index is 3.69. The molecule has 1 aliphatic carbocycles. The van der Waals surface area contributed by atoms with Crippen molar-refractivity contribution in [2.24, 2.45) is 5.92 Å². The summed E-state index contributed by atoms with van der Waals surface area (Å²) < 4.78 is 0. The first-order valence-electron chi connectivity index (χ1n) is 6.82. The van der Waals surface area contributed by atoms with Crippen LogP contribution in [0.4, 0.5) is 0 Å². The Bertz CT molecular complexity index is 193. The maximum Gasteiger partial charge on any atom is 0.0271 e. The summed E-state index contributed by atoms with van der Waals surface area (Å²) in [4.78, 5) is 2.29. The number of nitrogens with zero attached hydrogens (tertiary/aromatic N) is 1. The second-order valence-corrected chi connectivity index (χ2v) is 6.37. The predicted octanol–water partition coefficient (Wildman–Crippen LogP) is 2.89. The fraction of sp³-hybridized carbons (Fsp3) is 1.00. The van der Waals surface area contributed by atoms with Crippen molar-refractivity contribution in [2.45, 2.75) is 64.5 Å². The number of rotatable bonds is 6. The van der Waals surface area contributed by atoms with Gasteiger partial charge in [-0.25, -0.2) is 0 Å². The van der Waals surface area contributed by atoms with Crippen molar-refractivity contribution in [1.82, 2.24) is 10.2 Å². The fourth-order valence-corrected chi connectivity index (χ4v) is 2.41. The van der Waals surface area contributed by atoms with Gasteiger partial charge in [0.1, 0.15) is 0 Å². The van der Waals surface area contributed by atoms with Crippen molar-refractivity contribution >= 4 is 0 Å². The van der Waals surface area contributed by atoms with Crippen LogP contribution in [0.3, 0.4) is 0 Å². The average Bonchev–Trinajstić information content (AvgIpc) is 2.67. The van der Waals surface area contributed by atoms with Gasteiger partial charge in [0.15, 0.2) is 0 Å². The van der Waals surface area contributed by atoms with Crippen molar-refractivity contribution in [2.75, 3.05) is 20.6 Å². The van der Waals surface area contributed by atoms with E-state index >= 15 is 0 Å². The summed E-state index contributed by atoms with van der Waals surface area (Å²) >= 11 is 0. The lowest BCUT2D eigenvalue weighted by atomic mass is 9.98. The Hall–Kier alpha value is -0.0800. The van der Waals surface area contributed by atoms with Crippen molar-refractivity contribution in [1.29, 1.82) is 0 Å². The molecular formula is C14H30N2. The lowest BCUT2D eigenvalue weighted by Crippen LogP contribution is -2.48. The van der Waals surface area contributed by atoms with E-state index in [0.29, 0.717) is 6.04 Å². The normalized spacial score (nSPS) is 20.6. The van der Waals surface area contributed by atoms with Crippen LogP contribution in [0.2, 0.25) is 0 Å². The summed E-state index contributed by atoms with van der Waals surface area (Å²) in [5.74, 6) is 0.991. The monoisotopic (exact) mass is 226 g/mol. The van der Waals surface area contributed by atoms with Gasteiger partial charge >= 0.3 is 0 Å². The average molecular weight is 226 g/mol. The molecular weight excluding hydrogens is 196 g/mol. The van der Waals surface area contributed by atoms with Crippen LogP contribution in [0.5, 0.6) is 0 Å². The Kier molecular flexibility index (Phi) is 5.26. The molecule has 1 aliphatic rings. The molecule has 0 radical (unpaired) electrons. The van der Waals surface area contributed by atoms with Gasteiger partial charge in [-0.15, -0.1) is 0 Å². The van der Waals surface area contributed by atoms with E-state index < -0.39 is 0 Å². The molecule has 1 saturated carbocycles. The van der Waals surface area contributed by atoms with Crippen molar-refractivity contribution in [3.63, 3.8) is 0 Å². The number of nitrogens with one attached hydrogen (secondary N) is 1. The molecule has 0 spiro atoms. The van der Waals surface area contributed by atoms with Gasteiger partial charge in [0.05, 0.1) is 0 Å². The predicted molar refractivity (Wildman–Crippen MR) is 71.8 cm³/mol. The van der Waals surface area contributed by atoms with Gasteiger partial charge < -0.3 is 10.2 Å². The van der Waals surface area contributed by atoms with Gasteiger partial charge in [0.25, 0.3) is 0 Å². The minimum atomic E-state index is 0.254. The summed E-state index contributed by atoms with van der Waals surface area (Å²) in [5.41, 5.74) is 0.254. The molecule has 0 bridgehead atoms. The number of hydrogen-bond donors (Lipinski definition) is 1. The molecule has 1 rings (SSSR count). The van der Waals surface area contributed by atoms with E-state index in [1.165, 1.54) is 32.1 Å². The Morgan fingerprint density at radius 2 is 1.81 bits per heavy atom. The fourth-order valence-electron chi connectivity index (χ4n) is 2.41. The van der Waals surface area contributed by atoms with E-state index in [1.54, 1.807) is 0 Å². The highest BCUT2D eigenvalue weighted by molar-refractivity contribution is 4.82. The Labute approximate surface area is 102 Å². The van der Waals surface area contributed by atoms with E-state index in [0.717, 1.165) is 12.5 Å². The van der Waals surface area contributed by atoms with E-state index in [2.05, 4.69) is 45.1 Å². The second kappa shape index (κ2) is 6.02. The van der Waals surface area contributed by atoms with E-state index in [4.69, 9.17) is 0 Å². The third kappa shape index (κ3) is 4.42. The molecule has 2 nitrogen and oxygen atoms in total. The SMILES string of the molecule is CC(CC1CCCC1)NCC(C)(C)N(C)C. The van der Waals surface area contributed by atoms with Crippen molar-refractivity contribution < 1.29 is 0 Å². The number of hydrogen-bond acceptors (Lipinski definition) is 2. The molecule has 1 N–H and O–H groups in total. The van der Waals surface area contributed by atoms with Crippen LogP contribution in [0, 0.1) is 5.92 Å². The van der Waals surface area contributed by atoms with Crippen LogP contribution < -0.4 is 5.32 Å². The highest BCUT2D eigenvalue weighted by atomic mass is 15.2. The molecule has 96 valence electrons. The maximum absolute atomic E-state index is 3.69. The van der Waals surface area contributed by atoms with Crippen LogP contribution >= 0.6 is 0 Å². The molecule has 16 heavy (non-hydrogen) atoms. The second-order valence-electron chi connectivity index (χ2n) is 6.37. The van der Waals surface area contributed by atoms with Crippen LogP contribution in [-0.2, 0) is 0 Å². The summed E-state index contributed by atoms with van der Waals surface area (Å²) in [6, 6.07) is 0.669. The molecule has 0 aromatic rings. The first-order chi connectivity index (χ1) is 7.42. The Balaban J connectivity index is 2.21. The summed E-state index contributed by atoms with van der Waals surface area (Å²) in [6.07, 6.45) is 7.21. The van der Waals surface area contributed by atoms with Gasteiger partial charge in [0.2, 0.25) is 0 Å². The van der Waals surface area contributed by atoms with Gasteiger partial charge in [-0.05, 0) is 47.2 Å². The summed E-state index contributed by atoms with van der Waals surface area (Å²) in [5, 5.41) is 3.69. The molecule has 0 aromatic heterocycles. The number of likely N-dealkylation sites (N-methyl/N-ethyl adjacent to an activating group) is 1. The highest BCUT2D eigenvalue weighted by Gasteiger charge is 2.22. The Morgan fingerprint density at radius 1 is 1.25 bits per heavy atom. The summed E-state index contributed by atoms with van der Waals surface area (Å²) in [6.45, 7) is 8.00. The lowest BCUT2D eigenvalue weighted by Gasteiger charge is -2.34. The standard InChI is InChI=1S/C14H30N2/c1-12(10-13-8-6-7-9-13)15-11-14(2,3)16(4)5/h12-13,15H,6-11H2,1-5H3. The lowest BCUT2D eigenvalue weighted by molar-refractivity contribution is 0.182. The van der Waals surface area contributed by atoms with Crippen molar-refractivity contribution in [3.05, 3.63) is 0 Å². The molecule has 0 heterocycles. The zero-order valence-electron chi connectivity index (χ0n) is 11.8. The minimum Gasteiger partial charge on any atom is -0.312 e. The molecule has 0 amide bonds. The molecule has 1 fully saturated rings. The van der Waals surface area contributed by atoms with Crippen LogP contribution in [0.1, 0.15) is 52.9 Å². The zero-order valence-corrected chi connectivity index (χ0v) is 11.8. The first-order valence-corrected chi connectivity index (χ1v) is 6.82. The summed E-state index contributed by atoms with van der Waals surface area (Å²) in [7, 11) is 4.31. The quantitative estimate of drug-likeness (QED) is 0.749. The van der Waals surface area contributed by atoms with Crippen molar-refractivity contribution in [3.8, 4) is 0 Å². The molecule has 0 saturated heterocycles. The van der Waals surface area contributed by atoms with E-state index in [1.807, 2.05) is 0 Å². The van der Waals surface area contributed by atoms with E-state index in [-0.39, 0.29) is 5.54 Å². The zero-order chi connectivity index (χ0) is 12.2. The van der Waals surface area contributed by atoms with Gasteiger partial charge in [-0.1, -0.05) is 25.7 Å². The first kappa shape index (κ1) is 14.0. The molecule has 1 unspecified atom stereocenters. The molecule has 0 aliphatic heterocycles. The smallest absolute Gasteiger partial charge is 0.0271 e. The van der Waals surface area contributed by atoms with E-state index in [9.17, 15) is 0 Å². The Morgan fingerprint density at radius 3 is 2.31 bits per heavy atom. The molecule has 1 atom stereocenters. The third-order valence-corrected chi connectivity index (χ3v) is 4.26. The third-order valence-electron chi connectivity index (χ3n) is 4.26. The van der Waals surface area contributed by atoms with Crippen LogP contribution in [-0.4, -0.2) is 37.1 Å². The highest BCUT2D eigenvalue weighted by Crippen LogP contribution is 2.28.